The number of rotatable bonds is 7. The van der Waals surface area contributed by atoms with Gasteiger partial charge < -0.3 is 10.2 Å². The van der Waals surface area contributed by atoms with Gasteiger partial charge in [0.2, 0.25) is 11.8 Å². The van der Waals surface area contributed by atoms with Crippen LogP contribution in [-0.4, -0.2) is 45.0 Å². The Morgan fingerprint density at radius 3 is 2.29 bits per heavy atom. The smallest absolute Gasteiger partial charge is 0.245 e. The molecule has 31 heavy (non-hydrogen) atoms. The fraction of sp³-hybridized carbons (Fsp3) is 0.542. The van der Waals surface area contributed by atoms with E-state index in [0.717, 1.165) is 16.9 Å². The van der Waals surface area contributed by atoms with Crippen molar-refractivity contribution in [2.24, 2.45) is 5.41 Å². The molecule has 2 aromatic rings. The number of halogens is 1. The van der Waals surface area contributed by atoms with Crippen molar-refractivity contribution in [3.63, 3.8) is 0 Å². The van der Waals surface area contributed by atoms with Gasteiger partial charge in [0.15, 0.2) is 0 Å². The van der Waals surface area contributed by atoms with Crippen LogP contribution in [0.2, 0.25) is 0 Å². The molecule has 1 N–H and O–H groups in total. The molecule has 2 amide bonds. The summed E-state index contributed by atoms with van der Waals surface area (Å²) in [6.45, 7) is 15.6. The van der Waals surface area contributed by atoms with Crippen molar-refractivity contribution < 1.29 is 9.59 Å². The van der Waals surface area contributed by atoms with Crippen molar-refractivity contribution in [2.45, 2.75) is 66.8 Å². The third-order valence-electron chi connectivity index (χ3n) is 5.20. The second-order valence-electron chi connectivity index (χ2n) is 9.96. The van der Waals surface area contributed by atoms with Crippen LogP contribution in [0.5, 0.6) is 0 Å². The van der Waals surface area contributed by atoms with Crippen LogP contribution in [-0.2, 0) is 15.0 Å². The molecular formula is C24H35ClN4O2. The summed E-state index contributed by atoms with van der Waals surface area (Å²) in [4.78, 5) is 27.5. The molecule has 0 aliphatic rings. The first-order valence-corrected chi connectivity index (χ1v) is 11.1. The number of hydrogen-bond donors (Lipinski definition) is 1. The fourth-order valence-electron chi connectivity index (χ4n) is 3.09. The topological polar surface area (TPSA) is 67.2 Å². The predicted molar refractivity (Wildman–Crippen MR) is 127 cm³/mol. The third-order valence-corrected chi connectivity index (χ3v) is 5.87. The number of nitrogens with zero attached hydrogens (tertiary/aromatic N) is 3. The number of hydrogen-bond acceptors (Lipinski definition) is 3. The van der Waals surface area contributed by atoms with Gasteiger partial charge in [-0.1, -0.05) is 39.0 Å². The number of benzene rings is 1. The lowest BCUT2D eigenvalue weighted by Gasteiger charge is -2.33. The Morgan fingerprint density at radius 1 is 1.16 bits per heavy atom. The number of para-hydroxylation sites is 1. The van der Waals surface area contributed by atoms with Crippen molar-refractivity contribution in [1.29, 1.82) is 0 Å². The average molecular weight is 447 g/mol. The maximum absolute atomic E-state index is 13.0. The summed E-state index contributed by atoms with van der Waals surface area (Å²) in [6, 6.07) is 9.65. The Hall–Kier alpha value is -2.34. The van der Waals surface area contributed by atoms with Gasteiger partial charge >= 0.3 is 0 Å². The van der Waals surface area contributed by atoms with E-state index in [1.807, 2.05) is 51.1 Å². The van der Waals surface area contributed by atoms with Crippen LogP contribution in [0.1, 0.15) is 59.7 Å². The molecule has 2 rings (SSSR count). The van der Waals surface area contributed by atoms with Gasteiger partial charge in [0.25, 0.3) is 0 Å². The number of carbonyl (C=O) groups is 2. The standard InChI is InChI=1S/C24H35ClN4O2/c1-16(2)28(22(31)24(7,8)15-25)14-21(30)26-20-13-19(23(4,5)6)27-29(20)18-12-10-9-11-17(18)3/h9-13,16H,14-15H2,1-8H3,(H,26,30). The Morgan fingerprint density at radius 2 is 1.77 bits per heavy atom. The van der Waals surface area contributed by atoms with E-state index >= 15 is 0 Å². The van der Waals surface area contributed by atoms with Crippen molar-refractivity contribution in [2.75, 3.05) is 17.7 Å². The highest BCUT2D eigenvalue weighted by molar-refractivity contribution is 6.19. The zero-order chi connectivity index (χ0) is 23.6. The molecule has 1 aromatic heterocycles. The minimum absolute atomic E-state index is 0.0549. The van der Waals surface area contributed by atoms with Gasteiger partial charge in [-0.05, 0) is 46.2 Å². The number of carbonyl (C=O) groups excluding carboxylic acids is 2. The minimum atomic E-state index is -0.742. The van der Waals surface area contributed by atoms with Crippen molar-refractivity contribution in [3.05, 3.63) is 41.6 Å². The highest BCUT2D eigenvalue weighted by Crippen LogP contribution is 2.28. The summed E-state index contributed by atoms with van der Waals surface area (Å²) >= 11 is 5.99. The summed E-state index contributed by atoms with van der Waals surface area (Å²) < 4.78 is 1.76. The Labute approximate surface area is 191 Å². The van der Waals surface area contributed by atoms with E-state index in [0.29, 0.717) is 5.82 Å². The molecule has 0 atom stereocenters. The van der Waals surface area contributed by atoms with Gasteiger partial charge in [0.05, 0.1) is 16.8 Å². The van der Waals surface area contributed by atoms with E-state index in [-0.39, 0.29) is 35.7 Å². The first-order chi connectivity index (χ1) is 14.3. The van der Waals surface area contributed by atoms with Gasteiger partial charge in [-0.15, -0.1) is 11.6 Å². The van der Waals surface area contributed by atoms with E-state index in [1.54, 1.807) is 23.4 Å². The lowest BCUT2D eigenvalue weighted by atomic mass is 9.92. The number of aryl methyl sites for hydroxylation is 1. The Kier molecular flexibility index (Phi) is 7.58. The van der Waals surface area contributed by atoms with Crippen molar-refractivity contribution in [3.8, 4) is 5.69 Å². The summed E-state index contributed by atoms with van der Waals surface area (Å²) in [6.07, 6.45) is 0. The minimum Gasteiger partial charge on any atom is -0.330 e. The van der Waals surface area contributed by atoms with E-state index in [2.05, 4.69) is 26.1 Å². The second-order valence-corrected chi connectivity index (χ2v) is 10.2. The molecule has 7 heteroatoms. The molecule has 0 aliphatic heterocycles. The molecule has 0 saturated heterocycles. The van der Waals surface area contributed by atoms with Gasteiger partial charge in [-0.2, -0.15) is 5.10 Å². The largest absolute Gasteiger partial charge is 0.330 e. The van der Waals surface area contributed by atoms with E-state index < -0.39 is 5.41 Å². The molecule has 0 unspecified atom stereocenters. The normalized spacial score (nSPS) is 12.2. The molecule has 0 saturated carbocycles. The van der Waals surface area contributed by atoms with Gasteiger partial charge in [-0.25, -0.2) is 4.68 Å². The summed E-state index contributed by atoms with van der Waals surface area (Å²) in [7, 11) is 0. The van der Waals surface area contributed by atoms with Crippen LogP contribution >= 0.6 is 11.6 Å². The summed E-state index contributed by atoms with van der Waals surface area (Å²) in [5.74, 6) is 0.348. The number of amides is 2. The van der Waals surface area contributed by atoms with Crippen molar-refractivity contribution in [1.82, 2.24) is 14.7 Å². The second kappa shape index (κ2) is 9.43. The zero-order valence-electron chi connectivity index (χ0n) is 19.9. The van der Waals surface area contributed by atoms with Crippen LogP contribution in [0.3, 0.4) is 0 Å². The fourth-order valence-corrected chi connectivity index (χ4v) is 3.21. The molecular weight excluding hydrogens is 412 g/mol. The molecule has 0 spiro atoms. The predicted octanol–water partition coefficient (Wildman–Crippen LogP) is 4.92. The van der Waals surface area contributed by atoms with E-state index in [9.17, 15) is 9.59 Å². The maximum Gasteiger partial charge on any atom is 0.245 e. The molecule has 0 bridgehead atoms. The molecule has 0 fully saturated rings. The Balaban J connectivity index is 2.36. The van der Waals surface area contributed by atoms with Crippen molar-refractivity contribution >= 4 is 29.2 Å². The summed E-state index contributed by atoms with van der Waals surface area (Å²) in [5, 5.41) is 7.74. The van der Waals surface area contributed by atoms with Gasteiger partial charge in [0, 0.05) is 23.4 Å². The van der Waals surface area contributed by atoms with Crippen LogP contribution < -0.4 is 5.32 Å². The number of nitrogens with one attached hydrogen (secondary N) is 1. The number of anilines is 1. The van der Waals surface area contributed by atoms with Crippen LogP contribution in [0.25, 0.3) is 5.69 Å². The maximum atomic E-state index is 13.0. The van der Waals surface area contributed by atoms with E-state index in [1.165, 1.54) is 0 Å². The number of alkyl halides is 1. The van der Waals surface area contributed by atoms with Crippen LogP contribution in [0.15, 0.2) is 30.3 Å². The summed E-state index contributed by atoms with van der Waals surface area (Å²) in [5.41, 5.74) is 1.88. The van der Waals surface area contributed by atoms with Crippen LogP contribution in [0, 0.1) is 12.3 Å². The monoisotopic (exact) mass is 446 g/mol. The Bertz CT molecular complexity index is 941. The van der Waals surface area contributed by atoms with Crippen LogP contribution in [0.4, 0.5) is 5.82 Å². The highest BCUT2D eigenvalue weighted by Gasteiger charge is 2.33. The average Bonchev–Trinajstić information content (AvgIpc) is 3.09. The third kappa shape index (κ3) is 5.88. The SMILES string of the molecule is Cc1ccccc1-n1nc(C(C)(C)C)cc1NC(=O)CN(C(=O)C(C)(C)CCl)C(C)C. The first-order valence-electron chi connectivity index (χ1n) is 10.6. The lowest BCUT2D eigenvalue weighted by molar-refractivity contribution is -0.143. The number of aromatic nitrogens is 2. The quantitative estimate of drug-likeness (QED) is 0.614. The lowest BCUT2D eigenvalue weighted by Crippen LogP contribution is -2.48. The zero-order valence-corrected chi connectivity index (χ0v) is 20.7. The van der Waals surface area contributed by atoms with Gasteiger partial charge in [0.1, 0.15) is 12.4 Å². The highest BCUT2D eigenvalue weighted by atomic mass is 35.5. The molecule has 170 valence electrons. The molecule has 6 nitrogen and oxygen atoms in total. The molecule has 1 heterocycles. The van der Waals surface area contributed by atoms with E-state index in [4.69, 9.17) is 16.7 Å². The molecule has 1 aromatic carbocycles. The molecule has 0 aliphatic carbocycles. The first kappa shape index (κ1) is 24.9. The molecule has 0 radical (unpaired) electrons. The van der Waals surface area contributed by atoms with Gasteiger partial charge in [-0.3, -0.25) is 9.59 Å².